The van der Waals surface area contributed by atoms with Gasteiger partial charge in [-0.1, -0.05) is 11.6 Å². The molecule has 1 aliphatic heterocycles. The lowest BCUT2D eigenvalue weighted by molar-refractivity contribution is 0.0620. The summed E-state index contributed by atoms with van der Waals surface area (Å²) in [5.74, 6) is 0.368. The Kier molecular flexibility index (Phi) is 5.30. The van der Waals surface area contributed by atoms with Crippen LogP contribution < -0.4 is 0 Å². The van der Waals surface area contributed by atoms with Crippen LogP contribution in [0.25, 0.3) is 0 Å². The van der Waals surface area contributed by atoms with Crippen molar-refractivity contribution in [1.29, 1.82) is 0 Å². The van der Waals surface area contributed by atoms with Gasteiger partial charge in [0.1, 0.15) is 4.21 Å². The van der Waals surface area contributed by atoms with Crippen molar-refractivity contribution in [2.75, 3.05) is 26.8 Å². The van der Waals surface area contributed by atoms with Crippen LogP contribution in [-0.4, -0.2) is 39.5 Å². The minimum absolute atomic E-state index is 0.277. The van der Waals surface area contributed by atoms with E-state index < -0.39 is 10.0 Å². The number of halogens is 2. The minimum Gasteiger partial charge on any atom is -0.381 e. The quantitative estimate of drug-likeness (QED) is 0.795. The maximum absolute atomic E-state index is 12.4. The highest BCUT2D eigenvalue weighted by Crippen LogP contribution is 2.36. The molecule has 19 heavy (non-hydrogen) atoms. The molecular formula is C11H15BrClNO3S2. The van der Waals surface area contributed by atoms with Crippen LogP contribution in [0.3, 0.4) is 0 Å². The molecule has 0 aromatic carbocycles. The number of hydrogen-bond donors (Lipinski definition) is 0. The van der Waals surface area contributed by atoms with Gasteiger partial charge in [0.25, 0.3) is 10.0 Å². The number of ether oxygens (including phenoxy) is 1. The Morgan fingerprint density at radius 3 is 2.68 bits per heavy atom. The van der Waals surface area contributed by atoms with Crippen molar-refractivity contribution in [2.24, 2.45) is 5.92 Å². The standard InChI is InChI=1S/C11H15BrClNO3S2/c1-14(7-8-2-4-17-5-3-8)19(15,16)10-6-9(13)11(12)18-10/h6,8H,2-5,7H2,1H3. The lowest BCUT2D eigenvalue weighted by Crippen LogP contribution is -2.33. The minimum atomic E-state index is -3.44. The first-order valence-electron chi connectivity index (χ1n) is 5.90. The summed E-state index contributed by atoms with van der Waals surface area (Å²) in [6, 6.07) is 1.49. The molecule has 1 aliphatic rings. The van der Waals surface area contributed by atoms with Crippen LogP contribution in [-0.2, 0) is 14.8 Å². The Hall–Kier alpha value is 0.340. The van der Waals surface area contributed by atoms with Crippen LogP contribution in [0.4, 0.5) is 0 Å². The second-order valence-corrected chi connectivity index (χ2v) is 9.58. The van der Waals surface area contributed by atoms with E-state index in [9.17, 15) is 8.42 Å². The Morgan fingerprint density at radius 1 is 1.53 bits per heavy atom. The highest BCUT2D eigenvalue weighted by Gasteiger charge is 2.27. The predicted molar refractivity (Wildman–Crippen MR) is 80.4 cm³/mol. The molecule has 0 aliphatic carbocycles. The van der Waals surface area contributed by atoms with E-state index in [0.717, 1.165) is 37.4 Å². The van der Waals surface area contributed by atoms with Crippen LogP contribution in [0.5, 0.6) is 0 Å². The molecule has 8 heteroatoms. The van der Waals surface area contributed by atoms with E-state index in [1.165, 1.54) is 10.4 Å². The Bertz CT molecular complexity index is 521. The molecule has 1 aromatic heterocycles. The molecule has 1 saturated heterocycles. The van der Waals surface area contributed by atoms with Crippen LogP contribution in [0.15, 0.2) is 14.1 Å². The Morgan fingerprint density at radius 2 is 2.16 bits per heavy atom. The van der Waals surface area contributed by atoms with Gasteiger partial charge in [-0.15, -0.1) is 11.3 Å². The molecule has 0 spiro atoms. The number of hydrogen-bond acceptors (Lipinski definition) is 4. The molecule has 0 N–H and O–H groups in total. The predicted octanol–water partition coefficient (Wildman–Crippen LogP) is 3.21. The lowest BCUT2D eigenvalue weighted by Gasteiger charge is -2.26. The third-order valence-corrected chi connectivity index (χ3v) is 7.89. The van der Waals surface area contributed by atoms with Gasteiger partial charge in [-0.05, 0) is 40.8 Å². The molecule has 2 rings (SSSR count). The second-order valence-electron chi connectivity index (χ2n) is 4.53. The number of thiophene rings is 1. The summed E-state index contributed by atoms with van der Waals surface area (Å²) in [4.78, 5) is 0. The van der Waals surface area contributed by atoms with Crippen LogP contribution >= 0.6 is 38.9 Å². The number of rotatable bonds is 4. The van der Waals surface area contributed by atoms with Crippen molar-refractivity contribution in [3.63, 3.8) is 0 Å². The monoisotopic (exact) mass is 387 g/mol. The molecule has 1 aromatic rings. The molecule has 1 fully saturated rings. The molecule has 4 nitrogen and oxygen atoms in total. The summed E-state index contributed by atoms with van der Waals surface area (Å²) in [6.45, 7) is 1.96. The van der Waals surface area contributed by atoms with Gasteiger partial charge in [-0.2, -0.15) is 4.31 Å². The molecule has 0 unspecified atom stereocenters. The van der Waals surface area contributed by atoms with E-state index in [2.05, 4.69) is 15.9 Å². The maximum Gasteiger partial charge on any atom is 0.252 e. The summed E-state index contributed by atoms with van der Waals surface area (Å²) in [6.07, 6.45) is 1.82. The molecule has 2 heterocycles. The van der Waals surface area contributed by atoms with Gasteiger partial charge in [0.2, 0.25) is 0 Å². The highest BCUT2D eigenvalue weighted by molar-refractivity contribution is 9.11. The molecule has 108 valence electrons. The van der Waals surface area contributed by atoms with Gasteiger partial charge in [0, 0.05) is 26.8 Å². The SMILES string of the molecule is CN(CC1CCOCC1)S(=O)(=O)c1cc(Cl)c(Br)s1. The molecular weight excluding hydrogens is 374 g/mol. The van der Waals surface area contributed by atoms with Crippen molar-refractivity contribution in [3.05, 3.63) is 14.9 Å². The summed E-state index contributed by atoms with van der Waals surface area (Å²) in [7, 11) is -1.83. The van der Waals surface area contributed by atoms with Crippen molar-refractivity contribution in [1.82, 2.24) is 4.31 Å². The summed E-state index contributed by atoms with van der Waals surface area (Å²) in [5, 5.41) is 0.433. The lowest BCUT2D eigenvalue weighted by atomic mass is 10.0. The van der Waals surface area contributed by atoms with Crippen molar-refractivity contribution in [3.8, 4) is 0 Å². The molecule has 0 saturated carbocycles. The van der Waals surface area contributed by atoms with Crippen molar-refractivity contribution in [2.45, 2.75) is 17.1 Å². The summed E-state index contributed by atoms with van der Waals surface area (Å²) >= 11 is 10.3. The molecule has 0 amide bonds. The zero-order chi connectivity index (χ0) is 14.0. The normalized spacial score (nSPS) is 18.1. The second kappa shape index (κ2) is 6.41. The fourth-order valence-corrected chi connectivity index (χ4v) is 5.86. The molecule has 0 bridgehead atoms. The first kappa shape index (κ1) is 15.7. The fraction of sp³-hybridized carbons (Fsp3) is 0.636. The van der Waals surface area contributed by atoms with E-state index >= 15 is 0 Å². The van der Waals surface area contributed by atoms with Gasteiger partial charge in [0.15, 0.2) is 0 Å². The zero-order valence-electron chi connectivity index (χ0n) is 10.4. The van der Waals surface area contributed by atoms with Gasteiger partial charge in [-0.25, -0.2) is 8.42 Å². The Labute approximate surface area is 130 Å². The van der Waals surface area contributed by atoms with Gasteiger partial charge < -0.3 is 4.74 Å². The van der Waals surface area contributed by atoms with E-state index in [4.69, 9.17) is 16.3 Å². The third-order valence-electron chi connectivity index (χ3n) is 3.14. The van der Waals surface area contributed by atoms with E-state index in [0.29, 0.717) is 21.3 Å². The first-order chi connectivity index (χ1) is 8.91. The first-order valence-corrected chi connectivity index (χ1v) is 9.33. The number of sulfonamides is 1. The summed E-state index contributed by atoms with van der Waals surface area (Å²) in [5.41, 5.74) is 0. The van der Waals surface area contributed by atoms with Gasteiger partial charge in [0.05, 0.1) is 8.81 Å². The van der Waals surface area contributed by atoms with Crippen molar-refractivity contribution >= 4 is 48.9 Å². The molecule has 0 radical (unpaired) electrons. The zero-order valence-corrected chi connectivity index (χ0v) is 14.4. The van der Waals surface area contributed by atoms with Gasteiger partial charge in [-0.3, -0.25) is 0 Å². The van der Waals surface area contributed by atoms with E-state index in [1.54, 1.807) is 7.05 Å². The highest BCUT2D eigenvalue weighted by atomic mass is 79.9. The van der Waals surface area contributed by atoms with Crippen LogP contribution in [0, 0.1) is 5.92 Å². The third kappa shape index (κ3) is 3.71. The van der Waals surface area contributed by atoms with Gasteiger partial charge >= 0.3 is 0 Å². The van der Waals surface area contributed by atoms with Crippen molar-refractivity contribution < 1.29 is 13.2 Å². The van der Waals surface area contributed by atoms with E-state index in [1.807, 2.05) is 0 Å². The number of nitrogens with zero attached hydrogens (tertiary/aromatic N) is 1. The average molecular weight is 389 g/mol. The Balaban J connectivity index is 2.10. The maximum atomic E-state index is 12.4. The fourth-order valence-electron chi connectivity index (χ4n) is 2.00. The van der Waals surface area contributed by atoms with E-state index in [-0.39, 0.29) is 4.21 Å². The topological polar surface area (TPSA) is 46.6 Å². The summed E-state index contributed by atoms with van der Waals surface area (Å²) < 4.78 is 32.4. The average Bonchev–Trinajstić information content (AvgIpc) is 2.71. The smallest absolute Gasteiger partial charge is 0.252 e. The largest absolute Gasteiger partial charge is 0.381 e. The van der Waals surface area contributed by atoms with Crippen LogP contribution in [0.2, 0.25) is 5.02 Å². The van der Waals surface area contributed by atoms with Crippen LogP contribution in [0.1, 0.15) is 12.8 Å². The molecule has 0 atom stereocenters.